The predicted octanol–water partition coefficient (Wildman–Crippen LogP) is 2.78. The zero-order valence-corrected chi connectivity index (χ0v) is 21.8. The zero-order chi connectivity index (χ0) is 24.9. The Balaban J connectivity index is 1.79. The molecule has 34 heavy (non-hydrogen) atoms. The van der Waals surface area contributed by atoms with Gasteiger partial charge in [-0.25, -0.2) is 0 Å². The van der Waals surface area contributed by atoms with Crippen molar-refractivity contribution in [3.05, 3.63) is 24.3 Å². The highest BCUT2D eigenvalue weighted by Gasteiger charge is 2.71. The second kappa shape index (κ2) is 9.01. The molecular formula is C26H38N2O5S. The van der Waals surface area contributed by atoms with E-state index in [0.29, 0.717) is 13.2 Å². The van der Waals surface area contributed by atoms with Crippen LogP contribution in [0.1, 0.15) is 53.9 Å². The van der Waals surface area contributed by atoms with E-state index in [4.69, 9.17) is 4.74 Å². The second-order valence-electron chi connectivity index (χ2n) is 11.7. The van der Waals surface area contributed by atoms with Gasteiger partial charge in [-0.3, -0.25) is 14.4 Å². The van der Waals surface area contributed by atoms with Crippen LogP contribution in [0, 0.1) is 17.3 Å². The Bertz CT molecular complexity index is 907. The monoisotopic (exact) mass is 490 g/mol. The molecule has 0 saturated carbocycles. The zero-order valence-electron chi connectivity index (χ0n) is 21.0. The van der Waals surface area contributed by atoms with Gasteiger partial charge in [-0.05, 0) is 38.5 Å². The number of ether oxygens (including phenoxy) is 1. The number of likely N-dealkylation sites (tertiary alicyclic amines) is 1. The van der Waals surface area contributed by atoms with Crippen molar-refractivity contribution in [2.45, 2.75) is 75.5 Å². The van der Waals surface area contributed by atoms with Crippen LogP contribution in [0.3, 0.4) is 0 Å². The molecule has 0 aromatic carbocycles. The molecule has 0 aromatic heterocycles. The number of β-amino-alcohol motifs (C(OH)–C–C–N with tert-alkyl or cyclic N) is 1. The molecule has 0 radical (unpaired) electrons. The number of aliphatic hydroxyl groups is 1. The maximum atomic E-state index is 14.3. The van der Waals surface area contributed by atoms with Crippen LogP contribution in [-0.2, 0) is 19.1 Å². The van der Waals surface area contributed by atoms with Gasteiger partial charge in [-0.1, -0.05) is 45.1 Å². The van der Waals surface area contributed by atoms with Crippen LogP contribution in [0.4, 0.5) is 0 Å². The fourth-order valence-corrected chi connectivity index (χ4v) is 8.54. The summed E-state index contributed by atoms with van der Waals surface area (Å²) in [6.45, 7) is 11.2. The number of hydrogen-bond donors (Lipinski definition) is 1. The lowest BCUT2D eigenvalue weighted by Gasteiger charge is -2.44. The van der Waals surface area contributed by atoms with E-state index in [-0.39, 0.29) is 41.6 Å². The van der Waals surface area contributed by atoms with Gasteiger partial charge in [0.15, 0.2) is 0 Å². The molecule has 7 nitrogen and oxygen atoms in total. The van der Waals surface area contributed by atoms with Gasteiger partial charge in [0.25, 0.3) is 0 Å². The van der Waals surface area contributed by atoms with Gasteiger partial charge >= 0.3 is 5.97 Å². The van der Waals surface area contributed by atoms with E-state index in [1.807, 2.05) is 23.1 Å². The van der Waals surface area contributed by atoms with Crippen molar-refractivity contribution >= 4 is 29.5 Å². The maximum absolute atomic E-state index is 14.3. The van der Waals surface area contributed by atoms with Crippen LogP contribution in [0.25, 0.3) is 0 Å². The van der Waals surface area contributed by atoms with E-state index >= 15 is 0 Å². The van der Waals surface area contributed by atoms with Crippen molar-refractivity contribution in [1.29, 1.82) is 0 Å². The van der Waals surface area contributed by atoms with Gasteiger partial charge in [-0.2, -0.15) is 0 Å². The molecule has 1 N–H and O–H groups in total. The van der Waals surface area contributed by atoms with Crippen LogP contribution >= 0.6 is 11.8 Å². The number of hydrogen-bond acceptors (Lipinski definition) is 6. The maximum Gasteiger partial charge on any atom is 0.311 e. The summed E-state index contributed by atoms with van der Waals surface area (Å²) < 4.78 is 4.69. The van der Waals surface area contributed by atoms with Gasteiger partial charge in [0.2, 0.25) is 11.8 Å². The molecule has 4 heterocycles. The summed E-state index contributed by atoms with van der Waals surface area (Å²) in [6, 6.07) is -0.767. The molecular weight excluding hydrogens is 452 g/mol. The summed E-state index contributed by atoms with van der Waals surface area (Å²) in [5.74, 6) is -2.05. The standard InChI is InChI=1S/C26H38N2O5S/c1-24(2,3)16-25(4,5)28-12-9-11-26-19(21(30)27(13-14-29)20(26)22(28)31)18-17(34-26)10-7-6-8-15-33-23(18)32/h7,9-11,17-20,29H,6,8,12-16H2,1-5H3/b10-7-/t17-,18+,19+,20?,26+/m1/s1. The first-order valence-corrected chi connectivity index (χ1v) is 13.2. The van der Waals surface area contributed by atoms with Gasteiger partial charge in [0, 0.05) is 23.9 Å². The summed E-state index contributed by atoms with van der Waals surface area (Å²) in [5, 5.41) is 9.56. The number of allylic oxidation sites excluding steroid dienone is 1. The Labute approximate surface area is 206 Å². The minimum absolute atomic E-state index is 0.0108. The van der Waals surface area contributed by atoms with Crippen molar-refractivity contribution < 1.29 is 24.2 Å². The molecule has 188 valence electrons. The summed E-state index contributed by atoms with van der Waals surface area (Å²) in [4.78, 5) is 44.7. The molecule has 0 bridgehead atoms. The van der Waals surface area contributed by atoms with Gasteiger partial charge in [0.05, 0.1) is 29.8 Å². The van der Waals surface area contributed by atoms with Crippen molar-refractivity contribution in [3.63, 3.8) is 0 Å². The van der Waals surface area contributed by atoms with Crippen molar-refractivity contribution in [3.8, 4) is 0 Å². The molecule has 2 amide bonds. The highest BCUT2D eigenvalue weighted by molar-refractivity contribution is 8.02. The van der Waals surface area contributed by atoms with Gasteiger partial charge < -0.3 is 19.6 Å². The number of esters is 1. The Morgan fingerprint density at radius 1 is 1.15 bits per heavy atom. The molecule has 4 aliphatic rings. The van der Waals surface area contributed by atoms with Crippen LogP contribution in [-0.4, -0.2) is 80.6 Å². The molecule has 1 unspecified atom stereocenters. The van der Waals surface area contributed by atoms with Crippen LogP contribution in [0.5, 0.6) is 0 Å². The van der Waals surface area contributed by atoms with E-state index in [2.05, 4.69) is 40.7 Å². The highest BCUT2D eigenvalue weighted by Crippen LogP contribution is 2.61. The van der Waals surface area contributed by atoms with Crippen LogP contribution < -0.4 is 0 Å². The number of fused-ring (bicyclic) bond motifs is 2. The van der Waals surface area contributed by atoms with E-state index in [1.54, 1.807) is 11.8 Å². The average molecular weight is 491 g/mol. The minimum atomic E-state index is -0.867. The van der Waals surface area contributed by atoms with E-state index in [1.165, 1.54) is 4.90 Å². The summed E-state index contributed by atoms with van der Waals surface area (Å²) in [7, 11) is 0. The minimum Gasteiger partial charge on any atom is -0.465 e. The summed E-state index contributed by atoms with van der Waals surface area (Å²) in [5.41, 5.74) is -0.421. The Morgan fingerprint density at radius 2 is 1.88 bits per heavy atom. The SMILES string of the molecule is CC(C)(C)CC(C)(C)N1CC=C[C@]23S[C@@H]4/C=C\CCCOC(=O)[C@@H]4[C@H]2C(=O)N(CCO)C3C1=O. The van der Waals surface area contributed by atoms with Crippen molar-refractivity contribution in [1.82, 2.24) is 9.80 Å². The number of carbonyl (C=O) groups is 3. The van der Waals surface area contributed by atoms with E-state index < -0.39 is 28.2 Å². The molecule has 2 saturated heterocycles. The first-order chi connectivity index (χ1) is 15.9. The number of carbonyl (C=O) groups excluding carboxylic acids is 3. The third-order valence-corrected chi connectivity index (χ3v) is 9.13. The van der Waals surface area contributed by atoms with Gasteiger partial charge in [0.1, 0.15) is 6.04 Å². The third kappa shape index (κ3) is 4.21. The summed E-state index contributed by atoms with van der Waals surface area (Å²) >= 11 is 1.54. The summed E-state index contributed by atoms with van der Waals surface area (Å²) in [6.07, 6.45) is 10.5. The first-order valence-electron chi connectivity index (χ1n) is 12.3. The number of nitrogens with zero attached hydrogens (tertiary/aromatic N) is 2. The highest BCUT2D eigenvalue weighted by atomic mass is 32.2. The van der Waals surface area contributed by atoms with Gasteiger partial charge in [-0.15, -0.1) is 11.8 Å². The molecule has 2 fully saturated rings. The Hall–Kier alpha value is -1.80. The lowest BCUT2D eigenvalue weighted by atomic mass is 9.78. The molecule has 0 aromatic rings. The molecule has 5 atom stereocenters. The lowest BCUT2D eigenvalue weighted by molar-refractivity contribution is -0.153. The Morgan fingerprint density at radius 3 is 2.56 bits per heavy atom. The second-order valence-corrected chi connectivity index (χ2v) is 13.2. The van der Waals surface area contributed by atoms with E-state index in [9.17, 15) is 19.5 Å². The first kappa shape index (κ1) is 25.3. The van der Waals surface area contributed by atoms with Crippen molar-refractivity contribution in [2.75, 3.05) is 26.3 Å². The molecule has 4 rings (SSSR count). The number of amides is 2. The molecule has 4 aliphatic heterocycles. The largest absolute Gasteiger partial charge is 0.465 e. The fraction of sp³-hybridized carbons (Fsp3) is 0.731. The quantitative estimate of drug-likeness (QED) is 0.482. The number of cyclic esters (lactones) is 1. The smallest absolute Gasteiger partial charge is 0.311 e. The normalized spacial score (nSPS) is 35.1. The van der Waals surface area contributed by atoms with Crippen molar-refractivity contribution in [2.24, 2.45) is 17.3 Å². The number of thioether (sulfide) groups is 1. The number of aliphatic hydroxyl groups excluding tert-OH is 1. The fourth-order valence-electron chi connectivity index (χ4n) is 6.54. The molecule has 1 spiro atoms. The predicted molar refractivity (Wildman–Crippen MR) is 132 cm³/mol. The molecule has 8 heteroatoms. The molecule has 0 aliphatic carbocycles. The lowest BCUT2D eigenvalue weighted by Crippen LogP contribution is -2.59. The Kier molecular flexibility index (Phi) is 6.70. The van der Waals surface area contributed by atoms with Crippen LogP contribution in [0.15, 0.2) is 24.3 Å². The topological polar surface area (TPSA) is 87.2 Å². The average Bonchev–Trinajstić information content (AvgIpc) is 3.11. The third-order valence-electron chi connectivity index (χ3n) is 7.39. The number of rotatable bonds is 4. The van der Waals surface area contributed by atoms with E-state index in [0.717, 1.165) is 19.3 Å². The van der Waals surface area contributed by atoms with Crippen LogP contribution in [0.2, 0.25) is 0 Å².